The molecule has 1 aromatic rings. The molecule has 4 nitrogen and oxygen atoms in total. The first-order valence-electron chi connectivity index (χ1n) is 7.63. The molecule has 0 atom stereocenters. The van der Waals surface area contributed by atoms with E-state index in [0.717, 1.165) is 4.88 Å². The zero-order valence-corrected chi connectivity index (χ0v) is 13.0. The monoisotopic (exact) mass is 306 g/mol. The lowest BCUT2D eigenvalue weighted by Gasteiger charge is -2.12. The Balaban J connectivity index is 1.81. The third kappa shape index (κ3) is 5.86. The van der Waals surface area contributed by atoms with E-state index in [0.29, 0.717) is 23.9 Å². The Morgan fingerprint density at radius 3 is 2.86 bits per heavy atom. The number of carbonyl (C=O) groups is 1. The van der Waals surface area contributed by atoms with Gasteiger partial charge in [0.25, 0.3) is 0 Å². The van der Waals surface area contributed by atoms with Gasteiger partial charge in [-0.25, -0.2) is 4.98 Å². The van der Waals surface area contributed by atoms with Crippen LogP contribution in [0.4, 0.5) is 5.13 Å². The SMILES string of the molecule is O=C(CC1CCCCCC1)Nc1ncc(C#CCCO)s1. The maximum atomic E-state index is 12.0. The first-order chi connectivity index (χ1) is 10.3. The van der Waals surface area contributed by atoms with E-state index in [1.807, 2.05) is 0 Å². The summed E-state index contributed by atoms with van der Waals surface area (Å²) in [6.45, 7) is 0.0663. The zero-order valence-electron chi connectivity index (χ0n) is 12.2. The highest BCUT2D eigenvalue weighted by molar-refractivity contribution is 7.16. The molecule has 1 aromatic heterocycles. The van der Waals surface area contributed by atoms with E-state index in [2.05, 4.69) is 22.1 Å². The van der Waals surface area contributed by atoms with E-state index < -0.39 is 0 Å². The Morgan fingerprint density at radius 2 is 2.14 bits per heavy atom. The van der Waals surface area contributed by atoms with Crippen LogP contribution in [0, 0.1) is 17.8 Å². The molecule has 5 heteroatoms. The largest absolute Gasteiger partial charge is 0.395 e. The first kappa shape index (κ1) is 16.0. The van der Waals surface area contributed by atoms with Crippen molar-refractivity contribution in [1.29, 1.82) is 0 Å². The smallest absolute Gasteiger partial charge is 0.226 e. The summed E-state index contributed by atoms with van der Waals surface area (Å²) in [6.07, 6.45) is 10.2. The highest BCUT2D eigenvalue weighted by Crippen LogP contribution is 2.26. The molecular formula is C16H22N2O2S. The normalized spacial score (nSPS) is 15.9. The topological polar surface area (TPSA) is 62.2 Å². The van der Waals surface area contributed by atoms with Crippen LogP contribution in [0.1, 0.15) is 56.2 Å². The lowest BCUT2D eigenvalue weighted by molar-refractivity contribution is -0.117. The summed E-state index contributed by atoms with van der Waals surface area (Å²) in [5, 5.41) is 12.2. The van der Waals surface area contributed by atoms with E-state index in [1.165, 1.54) is 49.9 Å². The lowest BCUT2D eigenvalue weighted by Crippen LogP contribution is -2.16. The molecule has 1 amide bonds. The van der Waals surface area contributed by atoms with Crippen LogP contribution in [0.2, 0.25) is 0 Å². The Labute approximate surface area is 130 Å². The van der Waals surface area contributed by atoms with Crippen LogP contribution in [0.15, 0.2) is 6.20 Å². The summed E-state index contributed by atoms with van der Waals surface area (Å²) in [5.41, 5.74) is 0. The maximum Gasteiger partial charge on any atom is 0.226 e. The number of aliphatic hydroxyl groups excluding tert-OH is 1. The highest BCUT2D eigenvalue weighted by Gasteiger charge is 2.16. The lowest BCUT2D eigenvalue weighted by atomic mass is 9.96. The molecule has 0 spiro atoms. The number of amides is 1. The van der Waals surface area contributed by atoms with Crippen molar-refractivity contribution in [3.05, 3.63) is 11.1 Å². The van der Waals surface area contributed by atoms with Crippen LogP contribution in [0.5, 0.6) is 0 Å². The molecule has 0 radical (unpaired) electrons. The van der Waals surface area contributed by atoms with Crippen LogP contribution in [0.25, 0.3) is 0 Å². The van der Waals surface area contributed by atoms with Gasteiger partial charge in [0.1, 0.15) is 0 Å². The Hall–Kier alpha value is -1.38. The Bertz CT molecular complexity index is 508. The van der Waals surface area contributed by atoms with Gasteiger partial charge in [0.05, 0.1) is 17.7 Å². The van der Waals surface area contributed by atoms with Gasteiger partial charge in [0.2, 0.25) is 5.91 Å². The summed E-state index contributed by atoms with van der Waals surface area (Å²) in [6, 6.07) is 0. The predicted octanol–water partition coefficient (Wildman–Crippen LogP) is 3.18. The van der Waals surface area contributed by atoms with Crippen LogP contribution < -0.4 is 5.32 Å². The summed E-state index contributed by atoms with van der Waals surface area (Å²) in [4.78, 5) is 17.0. The number of aromatic nitrogens is 1. The predicted molar refractivity (Wildman–Crippen MR) is 85.1 cm³/mol. The Kier molecular flexibility index (Phi) is 6.71. The molecule has 0 aromatic carbocycles. The third-order valence-corrected chi connectivity index (χ3v) is 4.48. The van der Waals surface area contributed by atoms with Gasteiger partial charge in [0, 0.05) is 12.8 Å². The number of aliphatic hydroxyl groups is 1. The van der Waals surface area contributed by atoms with E-state index >= 15 is 0 Å². The van der Waals surface area contributed by atoms with Crippen molar-refractivity contribution >= 4 is 22.4 Å². The first-order valence-corrected chi connectivity index (χ1v) is 8.45. The van der Waals surface area contributed by atoms with Gasteiger partial charge in [0.15, 0.2) is 5.13 Å². The van der Waals surface area contributed by atoms with Gasteiger partial charge < -0.3 is 10.4 Å². The molecule has 1 fully saturated rings. The number of hydrogen-bond acceptors (Lipinski definition) is 4. The second-order valence-electron chi connectivity index (χ2n) is 5.41. The minimum absolute atomic E-state index is 0.0612. The number of hydrogen-bond donors (Lipinski definition) is 2. The molecule has 114 valence electrons. The number of carbonyl (C=O) groups excluding carboxylic acids is 1. The summed E-state index contributed by atoms with van der Waals surface area (Å²) in [7, 11) is 0. The average Bonchev–Trinajstić information content (AvgIpc) is 2.74. The molecule has 0 aliphatic heterocycles. The van der Waals surface area contributed by atoms with Gasteiger partial charge in [-0.15, -0.1) is 0 Å². The number of nitrogens with zero attached hydrogens (tertiary/aromatic N) is 1. The second kappa shape index (κ2) is 8.81. The summed E-state index contributed by atoms with van der Waals surface area (Å²) >= 11 is 1.38. The molecule has 1 aliphatic rings. The number of thiazole rings is 1. The zero-order chi connectivity index (χ0) is 14.9. The molecule has 1 aliphatic carbocycles. The van der Waals surface area contributed by atoms with Crippen molar-refractivity contribution in [2.24, 2.45) is 5.92 Å². The van der Waals surface area contributed by atoms with Crippen molar-refractivity contribution in [2.45, 2.75) is 51.4 Å². The van der Waals surface area contributed by atoms with Gasteiger partial charge in [-0.2, -0.15) is 0 Å². The van der Waals surface area contributed by atoms with Gasteiger partial charge in [-0.1, -0.05) is 48.9 Å². The molecule has 2 rings (SSSR count). The Morgan fingerprint density at radius 1 is 1.38 bits per heavy atom. The van der Waals surface area contributed by atoms with Crippen molar-refractivity contribution in [3.8, 4) is 11.8 Å². The summed E-state index contributed by atoms with van der Waals surface area (Å²) in [5.74, 6) is 6.36. The van der Waals surface area contributed by atoms with E-state index in [-0.39, 0.29) is 12.5 Å². The minimum atomic E-state index is 0.0612. The van der Waals surface area contributed by atoms with Crippen LogP contribution in [-0.2, 0) is 4.79 Å². The van der Waals surface area contributed by atoms with Crippen molar-refractivity contribution in [2.75, 3.05) is 11.9 Å². The standard InChI is InChI=1S/C16H22N2O2S/c19-10-6-5-9-14-12-17-16(21-14)18-15(20)11-13-7-3-1-2-4-8-13/h12-13,19H,1-4,6-8,10-11H2,(H,17,18,20). The molecule has 0 saturated heterocycles. The van der Waals surface area contributed by atoms with Crippen LogP contribution >= 0.6 is 11.3 Å². The van der Waals surface area contributed by atoms with Crippen LogP contribution in [0.3, 0.4) is 0 Å². The fourth-order valence-electron chi connectivity index (χ4n) is 2.60. The van der Waals surface area contributed by atoms with Crippen molar-refractivity contribution in [3.63, 3.8) is 0 Å². The summed E-state index contributed by atoms with van der Waals surface area (Å²) < 4.78 is 0. The average molecular weight is 306 g/mol. The van der Waals surface area contributed by atoms with E-state index in [4.69, 9.17) is 5.11 Å². The van der Waals surface area contributed by atoms with E-state index in [9.17, 15) is 4.79 Å². The molecule has 21 heavy (non-hydrogen) atoms. The van der Waals surface area contributed by atoms with Crippen LogP contribution in [-0.4, -0.2) is 22.6 Å². The molecule has 1 heterocycles. The molecule has 1 saturated carbocycles. The highest BCUT2D eigenvalue weighted by atomic mass is 32.1. The number of nitrogens with one attached hydrogen (secondary N) is 1. The van der Waals surface area contributed by atoms with Gasteiger partial charge in [-0.05, 0) is 18.8 Å². The number of rotatable bonds is 4. The molecule has 0 unspecified atom stereocenters. The van der Waals surface area contributed by atoms with Gasteiger partial charge >= 0.3 is 0 Å². The minimum Gasteiger partial charge on any atom is -0.395 e. The number of anilines is 1. The van der Waals surface area contributed by atoms with E-state index in [1.54, 1.807) is 6.20 Å². The quantitative estimate of drug-likeness (QED) is 0.663. The van der Waals surface area contributed by atoms with Crippen molar-refractivity contribution < 1.29 is 9.90 Å². The second-order valence-corrected chi connectivity index (χ2v) is 6.45. The molecule has 0 bridgehead atoms. The van der Waals surface area contributed by atoms with Crippen molar-refractivity contribution in [1.82, 2.24) is 4.98 Å². The fourth-order valence-corrected chi connectivity index (χ4v) is 3.30. The molecule has 2 N–H and O–H groups in total. The third-order valence-electron chi connectivity index (χ3n) is 3.65. The maximum absolute atomic E-state index is 12.0. The molecular weight excluding hydrogens is 284 g/mol. The van der Waals surface area contributed by atoms with Gasteiger partial charge in [-0.3, -0.25) is 4.79 Å². The fraction of sp³-hybridized carbons (Fsp3) is 0.625.